The maximum absolute atomic E-state index is 4.32. The molecule has 2 nitrogen and oxygen atoms in total. The van der Waals surface area contributed by atoms with Crippen molar-refractivity contribution in [2.24, 2.45) is 7.05 Å². The molecule has 10 heavy (non-hydrogen) atoms. The molecule has 0 bridgehead atoms. The highest BCUT2D eigenvalue weighted by Gasteiger charge is 2.01. The lowest BCUT2D eigenvalue weighted by Gasteiger charge is -1.90. The lowest BCUT2D eigenvalue weighted by atomic mass is 10.2. The number of hydrogen-bond donors (Lipinski definition) is 0. The second-order valence-electron chi connectivity index (χ2n) is 2.48. The Morgan fingerprint density at radius 2 is 2.10 bits per heavy atom. The third-order valence-electron chi connectivity index (χ3n) is 1.71. The van der Waals surface area contributed by atoms with Crippen molar-refractivity contribution in [3.8, 4) is 0 Å². The number of rotatable bonds is 2. The molecule has 0 amide bonds. The van der Waals surface area contributed by atoms with Crippen molar-refractivity contribution in [3.63, 3.8) is 0 Å². The molecule has 0 fully saturated rings. The van der Waals surface area contributed by atoms with Crippen LogP contribution in [0.5, 0.6) is 0 Å². The average Bonchev–Trinajstić information content (AvgIpc) is 2.30. The van der Waals surface area contributed by atoms with E-state index in [-0.39, 0.29) is 0 Å². The van der Waals surface area contributed by atoms with Gasteiger partial charge in [0.2, 0.25) is 0 Å². The van der Waals surface area contributed by atoms with E-state index < -0.39 is 0 Å². The van der Waals surface area contributed by atoms with Gasteiger partial charge in [-0.15, -0.1) is 0 Å². The number of aromatic nitrogens is 2. The fourth-order valence-electron chi connectivity index (χ4n) is 1.18. The SMILES string of the molecule is CCc1cn(C)nc1CC. The van der Waals surface area contributed by atoms with Crippen LogP contribution in [0.15, 0.2) is 6.20 Å². The Labute approximate surface area is 61.9 Å². The van der Waals surface area contributed by atoms with Crippen LogP contribution in [0.25, 0.3) is 0 Å². The zero-order valence-corrected chi connectivity index (χ0v) is 6.89. The van der Waals surface area contributed by atoms with Gasteiger partial charge >= 0.3 is 0 Å². The molecular weight excluding hydrogens is 124 g/mol. The van der Waals surface area contributed by atoms with Gasteiger partial charge in [-0.3, -0.25) is 4.68 Å². The first-order chi connectivity index (χ1) is 4.77. The summed E-state index contributed by atoms with van der Waals surface area (Å²) in [5.41, 5.74) is 2.62. The fourth-order valence-corrected chi connectivity index (χ4v) is 1.18. The molecule has 1 heterocycles. The molecule has 1 aromatic heterocycles. The molecule has 0 aromatic carbocycles. The van der Waals surface area contributed by atoms with E-state index in [1.807, 2.05) is 11.7 Å². The van der Waals surface area contributed by atoms with Gasteiger partial charge in [-0.25, -0.2) is 0 Å². The monoisotopic (exact) mass is 138 g/mol. The van der Waals surface area contributed by atoms with Gasteiger partial charge in [0.25, 0.3) is 0 Å². The van der Waals surface area contributed by atoms with Crippen molar-refractivity contribution in [1.82, 2.24) is 9.78 Å². The third-order valence-corrected chi connectivity index (χ3v) is 1.71. The van der Waals surface area contributed by atoms with Crippen LogP contribution in [-0.4, -0.2) is 9.78 Å². The quantitative estimate of drug-likeness (QED) is 0.606. The van der Waals surface area contributed by atoms with Crippen molar-refractivity contribution in [2.45, 2.75) is 26.7 Å². The summed E-state index contributed by atoms with van der Waals surface area (Å²) >= 11 is 0. The van der Waals surface area contributed by atoms with E-state index in [0.29, 0.717) is 0 Å². The zero-order chi connectivity index (χ0) is 7.56. The summed E-state index contributed by atoms with van der Waals surface area (Å²) in [6.07, 6.45) is 4.24. The Bertz CT molecular complexity index is 192. The van der Waals surface area contributed by atoms with Gasteiger partial charge in [-0.05, 0) is 18.4 Å². The van der Waals surface area contributed by atoms with Crippen LogP contribution >= 0.6 is 0 Å². The van der Waals surface area contributed by atoms with Gasteiger partial charge in [0.15, 0.2) is 0 Å². The smallest absolute Gasteiger partial charge is 0.0653 e. The summed E-state index contributed by atoms with van der Waals surface area (Å²) in [6.45, 7) is 4.30. The van der Waals surface area contributed by atoms with Crippen molar-refractivity contribution in [3.05, 3.63) is 17.5 Å². The Morgan fingerprint density at radius 3 is 2.50 bits per heavy atom. The van der Waals surface area contributed by atoms with E-state index in [2.05, 4.69) is 25.1 Å². The number of aryl methyl sites for hydroxylation is 3. The zero-order valence-electron chi connectivity index (χ0n) is 6.89. The first kappa shape index (κ1) is 7.32. The van der Waals surface area contributed by atoms with Gasteiger partial charge in [-0.2, -0.15) is 5.10 Å². The third kappa shape index (κ3) is 1.20. The maximum Gasteiger partial charge on any atom is 0.0653 e. The molecule has 0 aliphatic heterocycles. The second kappa shape index (κ2) is 2.86. The van der Waals surface area contributed by atoms with Crippen molar-refractivity contribution < 1.29 is 0 Å². The number of hydrogen-bond acceptors (Lipinski definition) is 1. The maximum atomic E-state index is 4.32. The molecule has 1 rings (SSSR count). The van der Waals surface area contributed by atoms with E-state index in [0.717, 1.165) is 12.8 Å². The van der Waals surface area contributed by atoms with Crippen LogP contribution in [0.3, 0.4) is 0 Å². The molecule has 2 heteroatoms. The van der Waals surface area contributed by atoms with Crippen molar-refractivity contribution >= 4 is 0 Å². The lowest BCUT2D eigenvalue weighted by Crippen LogP contribution is -1.89. The molecule has 0 saturated carbocycles. The first-order valence-corrected chi connectivity index (χ1v) is 3.79. The fraction of sp³-hybridized carbons (Fsp3) is 0.625. The van der Waals surface area contributed by atoms with E-state index in [9.17, 15) is 0 Å². The summed E-state index contributed by atoms with van der Waals surface area (Å²) < 4.78 is 1.89. The van der Waals surface area contributed by atoms with Gasteiger partial charge < -0.3 is 0 Å². The highest BCUT2D eigenvalue weighted by atomic mass is 15.2. The van der Waals surface area contributed by atoms with Gasteiger partial charge in [0.1, 0.15) is 0 Å². The van der Waals surface area contributed by atoms with Crippen LogP contribution in [0.1, 0.15) is 25.1 Å². The minimum Gasteiger partial charge on any atom is -0.275 e. The van der Waals surface area contributed by atoms with Crippen LogP contribution < -0.4 is 0 Å². The number of nitrogens with zero attached hydrogens (tertiary/aromatic N) is 2. The minimum atomic E-state index is 1.05. The van der Waals surface area contributed by atoms with E-state index >= 15 is 0 Å². The van der Waals surface area contributed by atoms with Crippen molar-refractivity contribution in [1.29, 1.82) is 0 Å². The molecule has 0 N–H and O–H groups in total. The second-order valence-corrected chi connectivity index (χ2v) is 2.48. The highest BCUT2D eigenvalue weighted by Crippen LogP contribution is 2.06. The molecule has 0 saturated heterocycles. The summed E-state index contributed by atoms with van der Waals surface area (Å²) in [4.78, 5) is 0. The first-order valence-electron chi connectivity index (χ1n) is 3.79. The van der Waals surface area contributed by atoms with E-state index in [1.165, 1.54) is 11.3 Å². The van der Waals surface area contributed by atoms with Crippen LogP contribution in [0.2, 0.25) is 0 Å². The molecule has 56 valence electrons. The molecular formula is C8H14N2. The molecule has 0 atom stereocenters. The van der Waals surface area contributed by atoms with Gasteiger partial charge in [0, 0.05) is 13.2 Å². The molecule has 0 aliphatic rings. The molecule has 0 unspecified atom stereocenters. The minimum absolute atomic E-state index is 1.05. The summed E-state index contributed by atoms with van der Waals surface area (Å²) in [7, 11) is 1.97. The normalized spacial score (nSPS) is 10.3. The van der Waals surface area contributed by atoms with Crippen LogP contribution in [0, 0.1) is 0 Å². The summed E-state index contributed by atoms with van der Waals surface area (Å²) in [5.74, 6) is 0. The predicted octanol–water partition coefficient (Wildman–Crippen LogP) is 1.54. The Kier molecular flexibility index (Phi) is 2.10. The van der Waals surface area contributed by atoms with E-state index in [1.54, 1.807) is 0 Å². The van der Waals surface area contributed by atoms with Crippen LogP contribution in [0.4, 0.5) is 0 Å². The molecule has 0 aliphatic carbocycles. The topological polar surface area (TPSA) is 17.8 Å². The summed E-state index contributed by atoms with van der Waals surface area (Å²) in [5, 5.41) is 4.32. The lowest BCUT2D eigenvalue weighted by molar-refractivity contribution is 0.746. The molecule has 0 spiro atoms. The average molecular weight is 138 g/mol. The van der Waals surface area contributed by atoms with Crippen LogP contribution in [-0.2, 0) is 19.9 Å². The largest absolute Gasteiger partial charge is 0.275 e. The van der Waals surface area contributed by atoms with E-state index in [4.69, 9.17) is 0 Å². The van der Waals surface area contributed by atoms with Gasteiger partial charge in [-0.1, -0.05) is 13.8 Å². The van der Waals surface area contributed by atoms with Crippen molar-refractivity contribution in [2.75, 3.05) is 0 Å². The highest BCUT2D eigenvalue weighted by molar-refractivity contribution is 5.16. The summed E-state index contributed by atoms with van der Waals surface area (Å²) in [6, 6.07) is 0. The Balaban J connectivity index is 2.96. The predicted molar refractivity (Wildman–Crippen MR) is 42.0 cm³/mol. The standard InChI is InChI=1S/C8H14N2/c1-4-7-6-10(3)9-8(7)5-2/h6H,4-5H2,1-3H3. The molecule has 1 aromatic rings. The van der Waals surface area contributed by atoms with Gasteiger partial charge in [0.05, 0.1) is 5.69 Å². The molecule has 0 radical (unpaired) electrons. The Hall–Kier alpha value is -0.790. The Morgan fingerprint density at radius 1 is 1.40 bits per heavy atom.